The summed E-state index contributed by atoms with van der Waals surface area (Å²) < 4.78 is 33.2. The van der Waals surface area contributed by atoms with Gasteiger partial charge in [-0.3, -0.25) is 4.79 Å². The van der Waals surface area contributed by atoms with Crippen molar-refractivity contribution in [3.63, 3.8) is 0 Å². The minimum absolute atomic E-state index is 0.193. The molecule has 30 heavy (non-hydrogen) atoms. The van der Waals surface area contributed by atoms with E-state index in [0.717, 1.165) is 0 Å². The number of benzene rings is 1. The van der Waals surface area contributed by atoms with Gasteiger partial charge in [0.15, 0.2) is 0 Å². The summed E-state index contributed by atoms with van der Waals surface area (Å²) in [5, 5.41) is 2.68. The van der Waals surface area contributed by atoms with E-state index >= 15 is 0 Å². The Kier molecular flexibility index (Phi) is 5.37. The van der Waals surface area contributed by atoms with Crippen molar-refractivity contribution in [2.75, 3.05) is 43.5 Å². The first-order valence-corrected chi connectivity index (χ1v) is 11.2. The Labute approximate surface area is 176 Å². The molecule has 0 bridgehead atoms. The Hall–Kier alpha value is -2.72. The monoisotopic (exact) mass is 431 g/mol. The summed E-state index contributed by atoms with van der Waals surface area (Å²) in [5.74, 6) is 1.39. The van der Waals surface area contributed by atoms with Crippen LogP contribution in [0.15, 0.2) is 35.4 Å². The Morgan fingerprint density at radius 1 is 1.17 bits per heavy atom. The maximum absolute atomic E-state index is 13.2. The highest BCUT2D eigenvalue weighted by atomic mass is 32.2. The summed E-state index contributed by atoms with van der Waals surface area (Å²) in [4.78, 5) is 22.3. The number of amides is 1. The standard InChI is InChI=1S/C20H25N5O4S/c1-13-8-17(22-14(2)26)4-5-18(13)30(27,28)25-11-15-9-24(10-16(15)12-25)20-21-7-6-19(23-20)29-3/h4-8,15-16H,9-12H2,1-3H3,(H,22,26). The zero-order chi connectivity index (χ0) is 21.5. The number of methoxy groups -OCH3 is 1. The van der Waals surface area contributed by atoms with Crippen LogP contribution in [0.2, 0.25) is 0 Å². The third-order valence-electron chi connectivity index (χ3n) is 5.68. The molecule has 1 aromatic heterocycles. The molecule has 0 saturated carbocycles. The normalized spacial score (nSPS) is 21.5. The molecule has 0 aliphatic carbocycles. The number of carbonyl (C=O) groups excluding carboxylic acids is 1. The first-order valence-electron chi connectivity index (χ1n) is 9.78. The van der Waals surface area contributed by atoms with Gasteiger partial charge in [0.2, 0.25) is 27.8 Å². The molecule has 2 fully saturated rings. The number of ether oxygens (including phenoxy) is 1. The molecular weight excluding hydrogens is 406 g/mol. The van der Waals surface area contributed by atoms with Crippen LogP contribution >= 0.6 is 0 Å². The fourth-order valence-corrected chi connectivity index (χ4v) is 6.03. The molecule has 1 N–H and O–H groups in total. The van der Waals surface area contributed by atoms with Gasteiger partial charge in [-0.1, -0.05) is 0 Å². The minimum atomic E-state index is -3.60. The van der Waals surface area contributed by atoms with Crippen molar-refractivity contribution in [3.8, 4) is 5.88 Å². The number of anilines is 2. The van der Waals surface area contributed by atoms with Crippen LogP contribution in [0.4, 0.5) is 11.6 Å². The van der Waals surface area contributed by atoms with Gasteiger partial charge in [-0.2, -0.15) is 9.29 Å². The van der Waals surface area contributed by atoms with Gasteiger partial charge in [0, 0.05) is 51.1 Å². The van der Waals surface area contributed by atoms with Gasteiger partial charge in [0.25, 0.3) is 0 Å². The highest BCUT2D eigenvalue weighted by Gasteiger charge is 2.45. The van der Waals surface area contributed by atoms with E-state index in [9.17, 15) is 13.2 Å². The molecule has 9 nitrogen and oxygen atoms in total. The molecule has 1 aromatic carbocycles. The summed E-state index contributed by atoms with van der Waals surface area (Å²) in [6, 6.07) is 6.59. The molecule has 160 valence electrons. The van der Waals surface area contributed by atoms with Gasteiger partial charge in [-0.05, 0) is 42.5 Å². The van der Waals surface area contributed by atoms with Crippen LogP contribution in [-0.4, -0.2) is 61.9 Å². The lowest BCUT2D eigenvalue weighted by Crippen LogP contribution is -2.34. The van der Waals surface area contributed by atoms with Gasteiger partial charge >= 0.3 is 0 Å². The fraction of sp³-hybridized carbons (Fsp3) is 0.450. The Morgan fingerprint density at radius 2 is 1.87 bits per heavy atom. The fourth-order valence-electron chi connectivity index (χ4n) is 4.27. The van der Waals surface area contributed by atoms with E-state index in [1.165, 1.54) is 6.92 Å². The molecule has 1 amide bonds. The lowest BCUT2D eigenvalue weighted by Gasteiger charge is -2.22. The van der Waals surface area contributed by atoms with Crippen LogP contribution in [0.25, 0.3) is 0 Å². The SMILES string of the molecule is COc1ccnc(N2CC3CN(S(=O)(=O)c4ccc(NC(C)=O)cc4C)CC3C2)n1. The van der Waals surface area contributed by atoms with Gasteiger partial charge in [0.05, 0.1) is 12.0 Å². The summed E-state index contributed by atoms with van der Waals surface area (Å²) in [5.41, 5.74) is 1.20. The number of nitrogens with zero attached hydrogens (tertiary/aromatic N) is 4. The number of sulfonamides is 1. The molecule has 0 radical (unpaired) electrons. The van der Waals surface area contributed by atoms with Crippen molar-refractivity contribution < 1.29 is 17.9 Å². The quantitative estimate of drug-likeness (QED) is 0.765. The predicted molar refractivity (Wildman–Crippen MR) is 112 cm³/mol. The summed E-state index contributed by atoms with van der Waals surface area (Å²) in [6.45, 7) is 5.54. The Bertz CT molecular complexity index is 1060. The van der Waals surface area contributed by atoms with Crippen LogP contribution in [0.3, 0.4) is 0 Å². The molecule has 2 saturated heterocycles. The van der Waals surface area contributed by atoms with Crippen molar-refractivity contribution in [2.24, 2.45) is 11.8 Å². The van der Waals surface area contributed by atoms with Crippen LogP contribution in [0.1, 0.15) is 12.5 Å². The summed E-state index contributed by atoms with van der Waals surface area (Å²) >= 11 is 0. The van der Waals surface area contributed by atoms with Crippen molar-refractivity contribution in [1.82, 2.24) is 14.3 Å². The molecule has 2 aliphatic rings. The molecule has 0 spiro atoms. The number of fused-ring (bicyclic) bond motifs is 1. The molecule has 4 rings (SSSR count). The van der Waals surface area contributed by atoms with Gasteiger partial charge in [0.1, 0.15) is 0 Å². The van der Waals surface area contributed by atoms with Crippen LogP contribution < -0.4 is 15.0 Å². The van der Waals surface area contributed by atoms with E-state index in [4.69, 9.17) is 4.74 Å². The smallest absolute Gasteiger partial charge is 0.243 e. The average Bonchev–Trinajstić information content (AvgIpc) is 3.27. The number of rotatable bonds is 5. The number of nitrogens with one attached hydrogen (secondary N) is 1. The Balaban J connectivity index is 1.47. The largest absolute Gasteiger partial charge is 0.481 e. The highest BCUT2D eigenvalue weighted by molar-refractivity contribution is 7.89. The molecule has 3 heterocycles. The predicted octanol–water partition coefficient (Wildman–Crippen LogP) is 1.51. The van der Waals surface area contributed by atoms with Crippen molar-refractivity contribution in [1.29, 1.82) is 0 Å². The topological polar surface area (TPSA) is 105 Å². The lowest BCUT2D eigenvalue weighted by atomic mass is 10.0. The zero-order valence-corrected chi connectivity index (χ0v) is 18.0. The number of hydrogen-bond donors (Lipinski definition) is 1. The second kappa shape index (κ2) is 7.84. The first-order chi connectivity index (χ1) is 14.3. The first kappa shape index (κ1) is 20.5. The zero-order valence-electron chi connectivity index (χ0n) is 17.2. The van der Waals surface area contributed by atoms with E-state index in [2.05, 4.69) is 20.2 Å². The van der Waals surface area contributed by atoms with Crippen LogP contribution in [-0.2, 0) is 14.8 Å². The second-order valence-corrected chi connectivity index (χ2v) is 9.71. The van der Waals surface area contributed by atoms with E-state index in [1.54, 1.807) is 48.8 Å². The second-order valence-electron chi connectivity index (χ2n) is 7.81. The summed E-state index contributed by atoms with van der Waals surface area (Å²) in [7, 11) is -2.03. The van der Waals surface area contributed by atoms with E-state index in [0.29, 0.717) is 49.3 Å². The number of hydrogen-bond acceptors (Lipinski definition) is 7. The van der Waals surface area contributed by atoms with E-state index < -0.39 is 10.0 Å². The minimum Gasteiger partial charge on any atom is -0.481 e. The number of carbonyl (C=O) groups is 1. The Morgan fingerprint density at radius 3 is 2.47 bits per heavy atom. The van der Waals surface area contributed by atoms with Crippen molar-refractivity contribution in [3.05, 3.63) is 36.0 Å². The number of aryl methyl sites for hydroxylation is 1. The molecule has 2 unspecified atom stereocenters. The van der Waals surface area contributed by atoms with Crippen LogP contribution in [0, 0.1) is 18.8 Å². The molecule has 2 atom stereocenters. The average molecular weight is 432 g/mol. The molecule has 10 heteroatoms. The third kappa shape index (κ3) is 3.84. The van der Waals surface area contributed by atoms with E-state index in [-0.39, 0.29) is 22.6 Å². The number of aromatic nitrogens is 2. The molecule has 2 aromatic rings. The third-order valence-corrected chi connectivity index (χ3v) is 7.67. The lowest BCUT2D eigenvalue weighted by molar-refractivity contribution is -0.114. The van der Waals surface area contributed by atoms with Gasteiger partial charge < -0.3 is 15.0 Å². The maximum Gasteiger partial charge on any atom is 0.243 e. The highest BCUT2D eigenvalue weighted by Crippen LogP contribution is 2.36. The van der Waals surface area contributed by atoms with Crippen molar-refractivity contribution >= 4 is 27.6 Å². The van der Waals surface area contributed by atoms with E-state index in [1.807, 2.05) is 0 Å². The molecule has 2 aliphatic heterocycles. The summed E-state index contributed by atoms with van der Waals surface area (Å²) in [6.07, 6.45) is 1.67. The van der Waals surface area contributed by atoms with Crippen LogP contribution in [0.5, 0.6) is 5.88 Å². The van der Waals surface area contributed by atoms with Gasteiger partial charge in [-0.25, -0.2) is 13.4 Å². The molecular formula is C20H25N5O4S. The maximum atomic E-state index is 13.2. The van der Waals surface area contributed by atoms with Gasteiger partial charge in [-0.15, -0.1) is 0 Å². The van der Waals surface area contributed by atoms with Crippen molar-refractivity contribution in [2.45, 2.75) is 18.7 Å².